The molecule has 78 valence electrons. The fourth-order valence-corrected chi connectivity index (χ4v) is 1.05. The van der Waals surface area contributed by atoms with Crippen LogP contribution in [0.5, 0.6) is 0 Å². The molecule has 0 saturated heterocycles. The highest BCUT2D eigenvalue weighted by Gasteiger charge is 2.12. The molecular formula is C9H18O4. The van der Waals surface area contributed by atoms with E-state index in [9.17, 15) is 4.79 Å². The van der Waals surface area contributed by atoms with E-state index in [1.54, 1.807) is 21.1 Å². The van der Waals surface area contributed by atoms with Crippen molar-refractivity contribution >= 4 is 5.97 Å². The Bertz CT molecular complexity index is 143. The van der Waals surface area contributed by atoms with Crippen molar-refractivity contribution in [3.05, 3.63) is 0 Å². The van der Waals surface area contributed by atoms with Crippen molar-refractivity contribution in [2.75, 3.05) is 14.2 Å². The second-order valence-corrected chi connectivity index (χ2v) is 3.07. The van der Waals surface area contributed by atoms with Crippen molar-refractivity contribution in [1.82, 2.24) is 0 Å². The van der Waals surface area contributed by atoms with Crippen molar-refractivity contribution in [1.29, 1.82) is 0 Å². The van der Waals surface area contributed by atoms with Crippen LogP contribution in [0.15, 0.2) is 0 Å². The van der Waals surface area contributed by atoms with E-state index < -0.39 is 5.97 Å². The van der Waals surface area contributed by atoms with Crippen LogP contribution in [0, 0.1) is 5.92 Å². The number of methoxy groups -OCH3 is 2. The quantitative estimate of drug-likeness (QED) is 0.618. The van der Waals surface area contributed by atoms with Gasteiger partial charge in [0.05, 0.1) is 5.92 Å². The summed E-state index contributed by atoms with van der Waals surface area (Å²) in [5.41, 5.74) is 0. The molecular weight excluding hydrogens is 172 g/mol. The molecule has 4 nitrogen and oxygen atoms in total. The van der Waals surface area contributed by atoms with Gasteiger partial charge < -0.3 is 14.6 Å². The van der Waals surface area contributed by atoms with E-state index in [0.717, 1.165) is 12.8 Å². The molecule has 0 aliphatic rings. The van der Waals surface area contributed by atoms with Gasteiger partial charge in [0.1, 0.15) is 0 Å². The smallest absolute Gasteiger partial charge is 0.306 e. The van der Waals surface area contributed by atoms with Gasteiger partial charge in [-0.25, -0.2) is 0 Å². The highest BCUT2D eigenvalue weighted by Crippen LogP contribution is 2.11. The molecule has 0 aliphatic heterocycles. The summed E-state index contributed by atoms with van der Waals surface area (Å²) >= 11 is 0. The second kappa shape index (κ2) is 6.86. The Morgan fingerprint density at radius 2 is 1.85 bits per heavy atom. The van der Waals surface area contributed by atoms with E-state index in [0.29, 0.717) is 6.42 Å². The average Bonchev–Trinajstić information content (AvgIpc) is 2.12. The fraction of sp³-hybridized carbons (Fsp3) is 0.889. The maximum atomic E-state index is 10.5. The predicted octanol–water partition coefficient (Wildman–Crippen LogP) is 1.50. The Morgan fingerprint density at radius 3 is 2.23 bits per heavy atom. The molecule has 1 atom stereocenters. The minimum absolute atomic E-state index is 0.207. The number of hydrogen-bond acceptors (Lipinski definition) is 3. The molecule has 0 aromatic carbocycles. The summed E-state index contributed by atoms with van der Waals surface area (Å²) in [4.78, 5) is 10.5. The number of carbonyl (C=O) groups is 1. The lowest BCUT2D eigenvalue weighted by molar-refractivity contribution is -0.141. The molecule has 4 heteroatoms. The van der Waals surface area contributed by atoms with Gasteiger partial charge in [-0.05, 0) is 19.3 Å². The molecule has 0 heterocycles. The van der Waals surface area contributed by atoms with Gasteiger partial charge in [0.15, 0.2) is 6.29 Å². The number of aliphatic carboxylic acids is 1. The maximum Gasteiger partial charge on any atom is 0.306 e. The predicted molar refractivity (Wildman–Crippen MR) is 48.5 cm³/mol. The van der Waals surface area contributed by atoms with Crippen molar-refractivity contribution in [3.63, 3.8) is 0 Å². The number of ether oxygens (including phenoxy) is 2. The lowest BCUT2D eigenvalue weighted by atomic mass is 10.0. The highest BCUT2D eigenvalue weighted by molar-refractivity contribution is 5.69. The van der Waals surface area contributed by atoms with Gasteiger partial charge in [-0.1, -0.05) is 6.92 Å². The Balaban J connectivity index is 3.48. The van der Waals surface area contributed by atoms with Gasteiger partial charge in [0.25, 0.3) is 0 Å². The third kappa shape index (κ3) is 5.60. The molecule has 0 aliphatic carbocycles. The highest BCUT2D eigenvalue weighted by atomic mass is 16.7. The standard InChI is InChI=1S/C9H18O4/c1-7(9(10)11)5-4-6-8(12-2)13-3/h7-8H,4-6H2,1-3H3,(H,10,11). The zero-order valence-electron chi connectivity index (χ0n) is 8.45. The van der Waals surface area contributed by atoms with Crippen LogP contribution in [0.2, 0.25) is 0 Å². The van der Waals surface area contributed by atoms with E-state index in [-0.39, 0.29) is 12.2 Å². The Labute approximate surface area is 78.8 Å². The van der Waals surface area contributed by atoms with Crippen molar-refractivity contribution in [2.45, 2.75) is 32.5 Å². The lowest BCUT2D eigenvalue weighted by Gasteiger charge is -2.13. The summed E-state index contributed by atoms with van der Waals surface area (Å²) in [6.07, 6.45) is 2.00. The van der Waals surface area contributed by atoms with Crippen LogP contribution in [-0.2, 0) is 14.3 Å². The number of hydrogen-bond donors (Lipinski definition) is 1. The number of carboxylic acids is 1. The first-order valence-corrected chi connectivity index (χ1v) is 4.40. The van der Waals surface area contributed by atoms with E-state index in [2.05, 4.69) is 0 Å². The number of rotatable bonds is 7. The Hall–Kier alpha value is -0.610. The van der Waals surface area contributed by atoms with E-state index in [4.69, 9.17) is 14.6 Å². The zero-order valence-corrected chi connectivity index (χ0v) is 8.45. The second-order valence-electron chi connectivity index (χ2n) is 3.07. The molecule has 0 fully saturated rings. The topological polar surface area (TPSA) is 55.8 Å². The molecule has 0 bridgehead atoms. The average molecular weight is 190 g/mol. The SMILES string of the molecule is COC(CCCC(C)C(=O)O)OC. The molecule has 0 aromatic heterocycles. The van der Waals surface area contributed by atoms with Crippen LogP contribution in [-0.4, -0.2) is 31.6 Å². The summed E-state index contributed by atoms with van der Waals surface area (Å²) in [7, 11) is 3.16. The molecule has 13 heavy (non-hydrogen) atoms. The molecule has 0 amide bonds. The first kappa shape index (κ1) is 12.4. The lowest BCUT2D eigenvalue weighted by Crippen LogP contribution is -2.14. The van der Waals surface area contributed by atoms with Crippen molar-refractivity contribution < 1.29 is 19.4 Å². The minimum atomic E-state index is -0.744. The van der Waals surface area contributed by atoms with Crippen LogP contribution in [0.1, 0.15) is 26.2 Å². The molecule has 1 N–H and O–H groups in total. The summed E-state index contributed by atoms with van der Waals surface area (Å²) in [5.74, 6) is -1.03. The Morgan fingerprint density at radius 1 is 1.31 bits per heavy atom. The van der Waals surface area contributed by atoms with Crippen LogP contribution < -0.4 is 0 Å². The van der Waals surface area contributed by atoms with Gasteiger partial charge >= 0.3 is 5.97 Å². The zero-order chi connectivity index (χ0) is 10.3. The minimum Gasteiger partial charge on any atom is -0.481 e. The van der Waals surface area contributed by atoms with Gasteiger partial charge in [-0.15, -0.1) is 0 Å². The van der Waals surface area contributed by atoms with Crippen LogP contribution in [0.4, 0.5) is 0 Å². The van der Waals surface area contributed by atoms with E-state index >= 15 is 0 Å². The molecule has 0 rings (SSSR count). The largest absolute Gasteiger partial charge is 0.481 e. The summed E-state index contributed by atoms with van der Waals surface area (Å²) in [5, 5.41) is 8.60. The summed E-state index contributed by atoms with van der Waals surface area (Å²) in [6, 6.07) is 0. The number of carboxylic acid groups (broad SMARTS) is 1. The molecule has 1 unspecified atom stereocenters. The molecule has 0 saturated carbocycles. The van der Waals surface area contributed by atoms with Crippen molar-refractivity contribution in [2.24, 2.45) is 5.92 Å². The van der Waals surface area contributed by atoms with E-state index in [1.165, 1.54) is 0 Å². The Kier molecular flexibility index (Phi) is 6.54. The van der Waals surface area contributed by atoms with Gasteiger partial charge in [0, 0.05) is 14.2 Å². The monoisotopic (exact) mass is 190 g/mol. The molecule has 0 aromatic rings. The molecule has 0 radical (unpaired) electrons. The van der Waals surface area contributed by atoms with Crippen molar-refractivity contribution in [3.8, 4) is 0 Å². The third-order valence-electron chi connectivity index (χ3n) is 2.02. The summed E-state index contributed by atoms with van der Waals surface area (Å²) in [6.45, 7) is 1.71. The van der Waals surface area contributed by atoms with Gasteiger partial charge in [-0.2, -0.15) is 0 Å². The fourth-order valence-electron chi connectivity index (χ4n) is 1.05. The first-order chi connectivity index (χ1) is 6.11. The van der Waals surface area contributed by atoms with Gasteiger partial charge in [0.2, 0.25) is 0 Å². The van der Waals surface area contributed by atoms with Gasteiger partial charge in [-0.3, -0.25) is 4.79 Å². The van der Waals surface area contributed by atoms with E-state index in [1.807, 2.05) is 0 Å². The normalized spacial score (nSPS) is 13.2. The van der Waals surface area contributed by atoms with Crippen LogP contribution >= 0.6 is 0 Å². The third-order valence-corrected chi connectivity index (χ3v) is 2.02. The van der Waals surface area contributed by atoms with Crippen LogP contribution in [0.25, 0.3) is 0 Å². The summed E-state index contributed by atoms with van der Waals surface area (Å²) < 4.78 is 9.94. The van der Waals surface area contributed by atoms with Crippen LogP contribution in [0.3, 0.4) is 0 Å². The maximum absolute atomic E-state index is 10.5. The molecule has 0 spiro atoms. The first-order valence-electron chi connectivity index (χ1n) is 4.40.